The van der Waals surface area contributed by atoms with E-state index in [1.54, 1.807) is 24.4 Å². The van der Waals surface area contributed by atoms with Gasteiger partial charge in [0, 0.05) is 47.7 Å². The van der Waals surface area contributed by atoms with Gasteiger partial charge >= 0.3 is 0 Å². The zero-order chi connectivity index (χ0) is 25.6. The fourth-order valence-electron chi connectivity index (χ4n) is 4.83. The van der Waals surface area contributed by atoms with Crippen LogP contribution in [0.15, 0.2) is 57.9 Å². The summed E-state index contributed by atoms with van der Waals surface area (Å²) in [7, 11) is 0. The molecule has 1 fully saturated rings. The lowest BCUT2D eigenvalue weighted by molar-refractivity contribution is -0.120. The maximum Gasteiger partial charge on any atom is 0.255 e. The third-order valence-corrected chi connectivity index (χ3v) is 6.81. The number of aryl methyl sites for hydroxylation is 2. The second-order valence-corrected chi connectivity index (χ2v) is 9.62. The van der Waals surface area contributed by atoms with Gasteiger partial charge in [-0.15, -0.1) is 0 Å². The van der Waals surface area contributed by atoms with Crippen LogP contribution < -0.4 is 5.56 Å². The SMILES string of the molecule is Cc1cc(Cl)cc(C)c1-n1cc(-c2nc(C3CCC(=O)CC3)oc2-c2ccc(F)cc2F)ccc1=O. The van der Waals surface area contributed by atoms with Crippen LogP contribution in [0.5, 0.6) is 0 Å². The van der Waals surface area contributed by atoms with Gasteiger partial charge < -0.3 is 4.42 Å². The minimum absolute atomic E-state index is 0.0636. The lowest BCUT2D eigenvalue weighted by Crippen LogP contribution is -2.18. The molecule has 1 aliphatic rings. The minimum Gasteiger partial charge on any atom is -0.440 e. The number of nitrogens with zero attached hydrogens (tertiary/aromatic N) is 2. The van der Waals surface area contributed by atoms with Gasteiger partial charge in [-0.05, 0) is 68.1 Å². The minimum atomic E-state index is -0.782. The molecule has 184 valence electrons. The number of benzene rings is 2. The molecule has 5 nitrogen and oxygen atoms in total. The van der Waals surface area contributed by atoms with E-state index < -0.39 is 11.6 Å². The summed E-state index contributed by atoms with van der Waals surface area (Å²) < 4.78 is 36.1. The number of carbonyl (C=O) groups excluding carboxylic acids is 1. The van der Waals surface area contributed by atoms with Crippen molar-refractivity contribution in [2.24, 2.45) is 0 Å². The number of rotatable bonds is 4. The van der Waals surface area contributed by atoms with E-state index in [9.17, 15) is 18.4 Å². The number of carbonyl (C=O) groups is 1. The molecule has 2 aromatic heterocycles. The van der Waals surface area contributed by atoms with E-state index in [1.807, 2.05) is 13.8 Å². The predicted octanol–water partition coefficient (Wildman–Crippen LogP) is 6.93. The number of pyridine rings is 1. The van der Waals surface area contributed by atoms with Crippen LogP contribution >= 0.6 is 11.6 Å². The van der Waals surface area contributed by atoms with Crippen LogP contribution in [0.2, 0.25) is 5.02 Å². The Bertz CT molecular complexity index is 1520. The second kappa shape index (κ2) is 9.47. The Morgan fingerprint density at radius 2 is 1.69 bits per heavy atom. The van der Waals surface area contributed by atoms with Gasteiger partial charge in [-0.2, -0.15) is 0 Å². The molecule has 1 saturated carbocycles. The van der Waals surface area contributed by atoms with Crippen molar-refractivity contribution in [3.63, 3.8) is 0 Å². The predicted molar refractivity (Wildman–Crippen MR) is 134 cm³/mol. The number of aromatic nitrogens is 2. The van der Waals surface area contributed by atoms with Crippen molar-refractivity contribution in [1.29, 1.82) is 0 Å². The van der Waals surface area contributed by atoms with E-state index in [1.165, 1.54) is 16.7 Å². The lowest BCUT2D eigenvalue weighted by Gasteiger charge is -2.17. The highest BCUT2D eigenvalue weighted by Gasteiger charge is 2.28. The molecule has 5 rings (SSSR count). The van der Waals surface area contributed by atoms with E-state index in [2.05, 4.69) is 0 Å². The smallest absolute Gasteiger partial charge is 0.255 e. The molecule has 0 radical (unpaired) electrons. The van der Waals surface area contributed by atoms with Crippen LogP contribution in [0.25, 0.3) is 28.3 Å². The van der Waals surface area contributed by atoms with Crippen molar-refractivity contribution in [3.8, 4) is 28.3 Å². The zero-order valence-electron chi connectivity index (χ0n) is 19.8. The van der Waals surface area contributed by atoms with Gasteiger partial charge in [0.15, 0.2) is 11.7 Å². The Kier molecular flexibility index (Phi) is 6.35. The largest absolute Gasteiger partial charge is 0.440 e. The number of hydrogen-bond acceptors (Lipinski definition) is 4. The van der Waals surface area contributed by atoms with Gasteiger partial charge in [0.05, 0.1) is 11.3 Å². The van der Waals surface area contributed by atoms with Crippen LogP contribution in [-0.4, -0.2) is 15.3 Å². The van der Waals surface area contributed by atoms with Crippen molar-refractivity contribution >= 4 is 17.4 Å². The molecule has 0 aliphatic heterocycles. The molecule has 0 unspecified atom stereocenters. The van der Waals surface area contributed by atoms with Gasteiger partial charge in [0.25, 0.3) is 5.56 Å². The van der Waals surface area contributed by atoms with Crippen LogP contribution in [0.4, 0.5) is 8.78 Å². The Balaban J connectivity index is 1.69. The van der Waals surface area contributed by atoms with E-state index in [0.29, 0.717) is 53.5 Å². The maximum absolute atomic E-state index is 14.8. The van der Waals surface area contributed by atoms with Crippen molar-refractivity contribution in [2.75, 3.05) is 0 Å². The van der Waals surface area contributed by atoms with E-state index in [-0.39, 0.29) is 28.6 Å². The first-order valence-corrected chi connectivity index (χ1v) is 12.1. The van der Waals surface area contributed by atoms with Crippen LogP contribution in [-0.2, 0) is 4.79 Å². The Morgan fingerprint density at radius 3 is 2.36 bits per heavy atom. The number of hydrogen-bond donors (Lipinski definition) is 0. The average Bonchev–Trinajstić information content (AvgIpc) is 3.25. The highest BCUT2D eigenvalue weighted by atomic mass is 35.5. The van der Waals surface area contributed by atoms with Crippen LogP contribution in [0.3, 0.4) is 0 Å². The number of halogens is 3. The molecule has 0 amide bonds. The molecule has 2 aromatic carbocycles. The first kappa shape index (κ1) is 24.1. The van der Waals surface area contributed by atoms with Crippen LogP contribution in [0.1, 0.15) is 48.6 Å². The first-order valence-electron chi connectivity index (χ1n) is 11.7. The van der Waals surface area contributed by atoms with Crippen molar-refractivity contribution in [2.45, 2.75) is 45.4 Å². The Labute approximate surface area is 211 Å². The molecule has 0 spiro atoms. The summed E-state index contributed by atoms with van der Waals surface area (Å²) in [5.74, 6) is -0.836. The van der Waals surface area contributed by atoms with Crippen molar-refractivity contribution in [1.82, 2.24) is 9.55 Å². The summed E-state index contributed by atoms with van der Waals surface area (Å²) in [6.45, 7) is 3.73. The third-order valence-electron chi connectivity index (χ3n) is 6.59. The molecule has 0 atom stereocenters. The summed E-state index contributed by atoms with van der Waals surface area (Å²) in [6.07, 6.45) is 3.69. The Morgan fingerprint density at radius 1 is 1.00 bits per heavy atom. The molecule has 36 heavy (non-hydrogen) atoms. The standard InChI is InChI=1S/C28H23ClF2N2O3/c1-15-11-19(29)12-16(2)26(15)33-14-18(5-10-24(33)35)25-27(22-9-6-20(30)13-23(22)31)36-28(32-25)17-3-7-21(34)8-4-17/h5-6,9-14,17H,3-4,7-8H2,1-2H3. The molecular weight excluding hydrogens is 486 g/mol. The zero-order valence-corrected chi connectivity index (χ0v) is 20.5. The van der Waals surface area contributed by atoms with Gasteiger partial charge in [0.2, 0.25) is 0 Å². The second-order valence-electron chi connectivity index (χ2n) is 9.18. The normalized spacial score (nSPS) is 14.4. The molecule has 1 aliphatic carbocycles. The number of Topliss-reactive ketones (excluding diaryl/α,β-unsaturated/α-hetero) is 1. The van der Waals surface area contributed by atoms with Crippen molar-refractivity contribution in [3.05, 3.63) is 92.7 Å². The highest BCUT2D eigenvalue weighted by molar-refractivity contribution is 6.30. The average molecular weight is 509 g/mol. The highest BCUT2D eigenvalue weighted by Crippen LogP contribution is 2.39. The monoisotopic (exact) mass is 508 g/mol. The van der Waals surface area contributed by atoms with Crippen LogP contribution in [0, 0.1) is 25.5 Å². The maximum atomic E-state index is 14.8. The summed E-state index contributed by atoms with van der Waals surface area (Å²) in [6, 6.07) is 9.85. The van der Waals surface area contributed by atoms with Gasteiger partial charge in [0.1, 0.15) is 23.1 Å². The van der Waals surface area contributed by atoms with E-state index in [4.69, 9.17) is 21.0 Å². The number of ketones is 1. The third kappa shape index (κ3) is 4.51. The molecule has 4 aromatic rings. The summed E-state index contributed by atoms with van der Waals surface area (Å²) in [5.41, 5.74) is 3.00. The number of oxazole rings is 1. The van der Waals surface area contributed by atoms with Gasteiger partial charge in [-0.1, -0.05) is 11.6 Å². The summed E-state index contributed by atoms with van der Waals surface area (Å²) in [5, 5.41) is 0.569. The summed E-state index contributed by atoms with van der Waals surface area (Å²) in [4.78, 5) is 29.3. The molecule has 0 N–H and O–H groups in total. The molecular formula is C28H23ClF2N2O3. The van der Waals surface area contributed by atoms with Gasteiger partial charge in [-0.3, -0.25) is 14.2 Å². The molecule has 2 heterocycles. The molecule has 0 bridgehead atoms. The fraction of sp³-hybridized carbons (Fsp3) is 0.250. The molecule has 8 heteroatoms. The fourth-order valence-corrected chi connectivity index (χ4v) is 5.16. The van der Waals surface area contributed by atoms with Gasteiger partial charge in [-0.25, -0.2) is 13.8 Å². The first-order chi connectivity index (χ1) is 17.2. The molecule has 0 saturated heterocycles. The quantitative estimate of drug-likeness (QED) is 0.299. The van der Waals surface area contributed by atoms with E-state index in [0.717, 1.165) is 23.3 Å². The topological polar surface area (TPSA) is 65.1 Å². The van der Waals surface area contributed by atoms with Crippen molar-refractivity contribution < 1.29 is 18.0 Å². The van der Waals surface area contributed by atoms with E-state index >= 15 is 0 Å². The summed E-state index contributed by atoms with van der Waals surface area (Å²) >= 11 is 6.18. The lowest BCUT2D eigenvalue weighted by atomic mass is 9.88. The Hall–Kier alpha value is -3.58.